The van der Waals surface area contributed by atoms with E-state index in [2.05, 4.69) is 16.3 Å². The van der Waals surface area contributed by atoms with E-state index in [4.69, 9.17) is 49.3 Å². The van der Waals surface area contributed by atoms with E-state index in [1.54, 1.807) is 4.90 Å². The molecule has 1 N–H and O–H groups in total. The lowest BCUT2D eigenvalue weighted by Crippen LogP contribution is -2.51. The van der Waals surface area contributed by atoms with Gasteiger partial charge in [0.2, 0.25) is 11.8 Å². The van der Waals surface area contributed by atoms with Gasteiger partial charge in [-0.2, -0.15) is 0 Å². The summed E-state index contributed by atoms with van der Waals surface area (Å²) in [7, 11) is 0. The summed E-state index contributed by atoms with van der Waals surface area (Å²) in [4.78, 5) is 51.2. The van der Waals surface area contributed by atoms with Gasteiger partial charge in [-0.15, -0.1) is 0 Å². The number of nitrogens with one attached hydrogen (secondary N) is 1. The molecule has 0 unspecified atom stereocenters. The number of aromatic nitrogens is 1. The Morgan fingerprint density at radius 3 is 2.31 bits per heavy atom. The van der Waals surface area contributed by atoms with Crippen LogP contribution in [-0.2, 0) is 27.4 Å². The molecule has 55 heavy (non-hydrogen) atoms. The Kier molecular flexibility index (Phi) is 11.8. The van der Waals surface area contributed by atoms with Gasteiger partial charge in [0.05, 0.1) is 22.5 Å². The highest BCUT2D eigenvalue weighted by atomic mass is 35.5. The van der Waals surface area contributed by atoms with Gasteiger partial charge in [-0.3, -0.25) is 9.59 Å². The number of carbonyl (C=O) groups is 3. The largest absolute Gasteiger partial charge is 0.485 e. The van der Waals surface area contributed by atoms with Crippen LogP contribution in [0.5, 0.6) is 5.75 Å². The van der Waals surface area contributed by atoms with E-state index in [0.29, 0.717) is 53.4 Å². The van der Waals surface area contributed by atoms with Crippen LogP contribution in [-0.4, -0.2) is 76.6 Å². The van der Waals surface area contributed by atoms with Crippen molar-refractivity contribution in [1.29, 1.82) is 0 Å². The first-order chi connectivity index (χ1) is 26.2. The normalized spacial score (nSPS) is 21.3. The molecule has 0 radical (unpaired) electrons. The predicted molar refractivity (Wildman–Crippen MR) is 215 cm³/mol. The summed E-state index contributed by atoms with van der Waals surface area (Å²) in [5.41, 5.74) is 3.04. The second kappa shape index (κ2) is 16.4. The minimum Gasteiger partial charge on any atom is -0.485 e. The van der Waals surface area contributed by atoms with Crippen LogP contribution >= 0.6 is 34.8 Å². The molecule has 3 amide bonds. The molecule has 294 valence electrons. The fourth-order valence-electron chi connectivity index (χ4n) is 7.60. The number of hydrogen-bond acceptors (Lipinski definition) is 7. The van der Waals surface area contributed by atoms with Crippen LogP contribution in [0.15, 0.2) is 48.7 Å². The molecule has 7 rings (SSSR count). The van der Waals surface area contributed by atoms with Crippen molar-refractivity contribution in [3.05, 3.63) is 86.0 Å². The highest BCUT2D eigenvalue weighted by Crippen LogP contribution is 2.40. The highest BCUT2D eigenvalue weighted by Gasteiger charge is 2.44. The monoisotopic (exact) mass is 809 g/mol. The lowest BCUT2D eigenvalue weighted by molar-refractivity contribution is -0.139. The Bertz CT molecular complexity index is 1890. The number of nitrogens with zero attached hydrogens (tertiary/aromatic N) is 4. The maximum absolute atomic E-state index is 14.8. The number of halogens is 3. The number of pyridine rings is 1. The summed E-state index contributed by atoms with van der Waals surface area (Å²) in [6.07, 6.45) is 6.45. The van der Waals surface area contributed by atoms with Gasteiger partial charge >= 0.3 is 6.09 Å². The van der Waals surface area contributed by atoms with E-state index in [1.807, 2.05) is 75.2 Å². The maximum Gasteiger partial charge on any atom is 0.410 e. The third kappa shape index (κ3) is 9.81. The van der Waals surface area contributed by atoms with E-state index in [-0.39, 0.29) is 42.3 Å². The molecule has 4 fully saturated rings. The number of aryl methyl sites for hydroxylation is 1. The number of anilines is 1. The molecule has 0 spiro atoms. The molecule has 2 aromatic carbocycles. The Labute approximate surface area is 338 Å². The third-order valence-electron chi connectivity index (χ3n) is 10.8. The fraction of sp³-hybridized carbons (Fsp3) is 0.524. The maximum atomic E-state index is 14.8. The third-order valence-corrected chi connectivity index (χ3v) is 11.7. The average molecular weight is 811 g/mol. The van der Waals surface area contributed by atoms with E-state index >= 15 is 0 Å². The minimum atomic E-state index is -0.661. The second-order valence-electron chi connectivity index (χ2n) is 16.5. The van der Waals surface area contributed by atoms with Crippen LogP contribution in [0.3, 0.4) is 0 Å². The molecule has 0 bridgehead atoms. The van der Waals surface area contributed by atoms with Crippen LogP contribution in [0.1, 0.15) is 87.5 Å². The fourth-order valence-corrected chi connectivity index (χ4v) is 8.47. The molecule has 2 saturated heterocycles. The van der Waals surface area contributed by atoms with Crippen molar-refractivity contribution in [1.82, 2.24) is 20.1 Å². The molecule has 10 nitrogen and oxygen atoms in total. The number of carbonyl (C=O) groups excluding carboxylic acids is 3. The standard InChI is InChI=1S/C42H50Cl3N5O5/c1-25-17-35(44)38(36(45)18-25)54-31-13-15-48(23-31)37-12-8-28(21-46-37)32-14-16-49(41(53)55-42(2,3)4)24-33(32)40(52)50(30-9-10-30)22-29-19-26(5-11-34(29)43)20-47-39(51)27-6-7-27/h5,8,11-12,17-19,21,27,30-33H,6-7,9-10,13-16,20,22-24H2,1-4H3,(H,47,51)/t31-,32+,33-/m1/s1. The number of ether oxygens (including phenoxy) is 2. The van der Waals surface area contributed by atoms with E-state index < -0.39 is 17.6 Å². The quantitative estimate of drug-likeness (QED) is 0.207. The van der Waals surface area contributed by atoms with Crippen molar-refractivity contribution >= 4 is 58.5 Å². The summed E-state index contributed by atoms with van der Waals surface area (Å²) in [6, 6.07) is 13.6. The number of benzene rings is 2. The van der Waals surface area contributed by atoms with Crippen molar-refractivity contribution in [2.45, 2.75) is 103 Å². The molecule has 4 aliphatic rings. The molecule has 1 aromatic heterocycles. The minimum absolute atomic E-state index is 0.0127. The number of hydrogen-bond donors (Lipinski definition) is 1. The molecule has 2 saturated carbocycles. The molecule has 3 aromatic rings. The Morgan fingerprint density at radius 2 is 1.65 bits per heavy atom. The highest BCUT2D eigenvalue weighted by molar-refractivity contribution is 6.37. The number of rotatable bonds is 11. The van der Waals surface area contributed by atoms with Crippen molar-refractivity contribution in [2.75, 3.05) is 31.1 Å². The molecular formula is C42H50Cl3N5O5. The summed E-state index contributed by atoms with van der Waals surface area (Å²) in [5.74, 6) is 0.858. The predicted octanol–water partition coefficient (Wildman–Crippen LogP) is 8.57. The first-order valence-electron chi connectivity index (χ1n) is 19.4. The number of likely N-dealkylation sites (tertiary alicyclic amines) is 1. The first kappa shape index (κ1) is 39.5. The summed E-state index contributed by atoms with van der Waals surface area (Å²) < 4.78 is 12.0. The average Bonchev–Trinajstić information content (AvgIpc) is 4.09. The lowest BCUT2D eigenvalue weighted by Gasteiger charge is -2.40. The smallest absolute Gasteiger partial charge is 0.410 e. The molecule has 2 aliphatic heterocycles. The van der Waals surface area contributed by atoms with Crippen LogP contribution in [0.4, 0.5) is 10.6 Å². The van der Waals surface area contributed by atoms with Gasteiger partial charge in [-0.1, -0.05) is 53.0 Å². The van der Waals surface area contributed by atoms with Crippen molar-refractivity contribution in [2.24, 2.45) is 11.8 Å². The number of amides is 3. The molecule has 3 atom stereocenters. The van der Waals surface area contributed by atoms with E-state index in [0.717, 1.165) is 66.7 Å². The van der Waals surface area contributed by atoms with Gasteiger partial charge in [0.25, 0.3) is 0 Å². The van der Waals surface area contributed by atoms with Gasteiger partial charge in [0, 0.05) is 68.2 Å². The van der Waals surface area contributed by atoms with Gasteiger partial charge in [0.1, 0.15) is 17.5 Å². The van der Waals surface area contributed by atoms with Crippen LogP contribution in [0.2, 0.25) is 15.1 Å². The lowest BCUT2D eigenvalue weighted by atomic mass is 9.80. The van der Waals surface area contributed by atoms with Crippen LogP contribution < -0.4 is 15.0 Å². The topological polar surface area (TPSA) is 104 Å². The van der Waals surface area contributed by atoms with Gasteiger partial charge in [0.15, 0.2) is 5.75 Å². The summed E-state index contributed by atoms with van der Waals surface area (Å²) >= 11 is 19.7. The number of piperidine rings is 1. The van der Waals surface area contributed by atoms with Crippen molar-refractivity contribution < 1.29 is 23.9 Å². The second-order valence-corrected chi connectivity index (χ2v) is 17.7. The van der Waals surface area contributed by atoms with Crippen LogP contribution in [0, 0.1) is 18.8 Å². The zero-order valence-corrected chi connectivity index (χ0v) is 34.2. The molecular weight excluding hydrogens is 761 g/mol. The van der Waals surface area contributed by atoms with Crippen LogP contribution in [0.25, 0.3) is 0 Å². The first-order valence-corrected chi connectivity index (χ1v) is 20.5. The summed E-state index contributed by atoms with van der Waals surface area (Å²) in [6.45, 7) is 10.3. The zero-order valence-electron chi connectivity index (χ0n) is 32.0. The van der Waals surface area contributed by atoms with Gasteiger partial charge in [-0.05, 0) is 106 Å². The Morgan fingerprint density at radius 1 is 0.909 bits per heavy atom. The molecule has 13 heteroatoms. The van der Waals surface area contributed by atoms with E-state index in [9.17, 15) is 14.4 Å². The zero-order chi connectivity index (χ0) is 39.0. The Hall–Kier alpha value is -3.73. The SMILES string of the molecule is Cc1cc(Cl)c(O[C@@H]2CCN(c3ccc([C@@H]4CCN(C(=O)OC(C)(C)C)C[C@H]4C(=O)N(Cc4cc(CNC(=O)C5CC5)ccc4Cl)C4CC4)cn3)C2)c(Cl)c1. The van der Waals surface area contributed by atoms with E-state index in [1.165, 1.54) is 0 Å². The molecule has 2 aliphatic carbocycles. The molecule has 3 heterocycles. The van der Waals surface area contributed by atoms with Gasteiger partial charge in [-0.25, -0.2) is 9.78 Å². The van der Waals surface area contributed by atoms with Crippen molar-refractivity contribution in [3.8, 4) is 5.75 Å². The van der Waals surface area contributed by atoms with Gasteiger partial charge < -0.3 is 29.5 Å². The van der Waals surface area contributed by atoms with Crippen molar-refractivity contribution in [3.63, 3.8) is 0 Å². The summed E-state index contributed by atoms with van der Waals surface area (Å²) in [5, 5.41) is 4.60. The Balaban J connectivity index is 1.08.